The zero-order valence-electron chi connectivity index (χ0n) is 19.0. The van der Waals surface area contributed by atoms with Crippen molar-refractivity contribution in [2.75, 3.05) is 6.16 Å². The Balaban J connectivity index is 1.62. The first-order valence-electron chi connectivity index (χ1n) is 11.7. The van der Waals surface area contributed by atoms with Crippen molar-refractivity contribution >= 4 is 23.2 Å². The van der Waals surface area contributed by atoms with Crippen molar-refractivity contribution in [2.24, 2.45) is 0 Å². The summed E-state index contributed by atoms with van der Waals surface area (Å²) in [6.07, 6.45) is 1.12. The van der Waals surface area contributed by atoms with Gasteiger partial charge in [0.1, 0.15) is 0 Å². The average molecular weight is 445 g/mol. The molecule has 5 rings (SSSR count). The van der Waals surface area contributed by atoms with Crippen LogP contribution in [0.1, 0.15) is 6.92 Å². The molecule has 0 N–H and O–H groups in total. The van der Waals surface area contributed by atoms with Crippen molar-refractivity contribution in [3.8, 4) is 22.3 Å². The molecule has 0 heterocycles. The Bertz CT molecular complexity index is 1210. The molecule has 0 spiro atoms. The van der Waals surface area contributed by atoms with Gasteiger partial charge in [-0.1, -0.05) is 0 Å². The van der Waals surface area contributed by atoms with Gasteiger partial charge in [-0.25, -0.2) is 0 Å². The third kappa shape index (κ3) is 4.15. The Morgan fingerprint density at radius 3 is 1.03 bits per heavy atom. The van der Waals surface area contributed by atoms with Crippen molar-refractivity contribution in [3.63, 3.8) is 0 Å². The monoisotopic (exact) mass is 444 g/mol. The Morgan fingerprint density at radius 2 is 0.667 bits per heavy atom. The topological polar surface area (TPSA) is 0 Å². The van der Waals surface area contributed by atoms with Crippen LogP contribution >= 0.6 is 7.26 Å². The van der Waals surface area contributed by atoms with Gasteiger partial charge in [-0.3, -0.25) is 0 Å². The summed E-state index contributed by atoms with van der Waals surface area (Å²) in [5.41, 5.74) is 5.07. The van der Waals surface area contributed by atoms with E-state index >= 15 is 0 Å². The van der Waals surface area contributed by atoms with Crippen molar-refractivity contribution in [1.82, 2.24) is 0 Å². The number of benzene rings is 5. The van der Waals surface area contributed by atoms with Gasteiger partial charge in [0.15, 0.2) is 0 Å². The summed E-state index contributed by atoms with van der Waals surface area (Å²) in [6.45, 7) is 2.36. The van der Waals surface area contributed by atoms with Gasteiger partial charge >= 0.3 is 198 Å². The van der Waals surface area contributed by atoms with Crippen LogP contribution in [0.3, 0.4) is 0 Å². The van der Waals surface area contributed by atoms with Crippen molar-refractivity contribution in [3.05, 3.63) is 140 Å². The van der Waals surface area contributed by atoms with Gasteiger partial charge in [-0.2, -0.15) is 0 Å². The van der Waals surface area contributed by atoms with Gasteiger partial charge in [0.2, 0.25) is 0 Å². The van der Waals surface area contributed by atoms with Gasteiger partial charge in [0, 0.05) is 0 Å². The van der Waals surface area contributed by atoms with E-state index < -0.39 is 7.26 Å². The number of hydrogen-bond donors (Lipinski definition) is 0. The van der Waals surface area contributed by atoms with E-state index in [1.165, 1.54) is 38.2 Å². The number of rotatable bonds is 6. The molecule has 0 saturated carbocycles. The van der Waals surface area contributed by atoms with Crippen molar-refractivity contribution in [1.29, 1.82) is 0 Å². The Hall–Kier alpha value is -3.47. The van der Waals surface area contributed by atoms with Crippen LogP contribution in [0.25, 0.3) is 22.3 Å². The van der Waals surface area contributed by atoms with E-state index in [1.54, 1.807) is 0 Å². The summed E-state index contributed by atoms with van der Waals surface area (Å²) in [5.74, 6) is 0. The molecular formula is C32H29P. The molecule has 162 valence electrons. The molecule has 0 nitrogen and oxygen atoms in total. The predicted octanol–water partition coefficient (Wildman–Crippen LogP) is 7.07. The second kappa shape index (κ2) is 9.57. The standard InChI is InChI=1S/C32H29P/c1-2-33(30-16-10-5-11-17-30,31-22-18-28(19-23-31)26-12-6-3-7-13-26)32-24-20-29(21-25-32)27-14-8-4-9-15-27/h3-25,33H,2H2,1H3. The minimum absolute atomic E-state index is 1.12. The molecule has 5 aromatic rings. The molecule has 0 amide bonds. The molecule has 0 aromatic heterocycles. The predicted molar refractivity (Wildman–Crippen MR) is 148 cm³/mol. The second-order valence-electron chi connectivity index (χ2n) is 8.51. The fourth-order valence-electron chi connectivity index (χ4n) is 4.99. The molecule has 0 aliphatic heterocycles. The van der Waals surface area contributed by atoms with Gasteiger partial charge in [0.25, 0.3) is 0 Å². The van der Waals surface area contributed by atoms with Gasteiger partial charge < -0.3 is 0 Å². The van der Waals surface area contributed by atoms with E-state index in [9.17, 15) is 0 Å². The summed E-state index contributed by atoms with van der Waals surface area (Å²) >= 11 is 0. The molecule has 0 fully saturated rings. The fourth-order valence-corrected chi connectivity index (χ4v) is 9.45. The molecular weight excluding hydrogens is 415 g/mol. The van der Waals surface area contributed by atoms with Crippen molar-refractivity contribution in [2.45, 2.75) is 6.92 Å². The van der Waals surface area contributed by atoms with E-state index in [0.717, 1.165) is 6.16 Å². The Kier molecular flexibility index (Phi) is 6.20. The van der Waals surface area contributed by atoms with Gasteiger partial charge in [0.05, 0.1) is 0 Å². The van der Waals surface area contributed by atoms with E-state index in [4.69, 9.17) is 0 Å². The third-order valence-electron chi connectivity index (χ3n) is 6.77. The van der Waals surface area contributed by atoms with Gasteiger partial charge in [-0.15, -0.1) is 0 Å². The SMILES string of the molecule is CC[PH](c1ccccc1)(c1ccc(-c2ccccc2)cc1)c1ccc(-c2ccccc2)cc1. The first kappa shape index (κ1) is 21.4. The molecule has 1 heteroatoms. The first-order valence-corrected chi connectivity index (χ1v) is 13.9. The van der Waals surface area contributed by atoms with Crippen LogP contribution in [0.4, 0.5) is 0 Å². The molecule has 0 radical (unpaired) electrons. The maximum absolute atomic E-state index is 2.37. The first-order chi connectivity index (χ1) is 16.3. The van der Waals surface area contributed by atoms with E-state index in [2.05, 4.69) is 146 Å². The van der Waals surface area contributed by atoms with Crippen molar-refractivity contribution < 1.29 is 0 Å². The quantitative estimate of drug-likeness (QED) is 0.246. The molecule has 5 aromatic carbocycles. The molecule has 0 saturated heterocycles. The Morgan fingerprint density at radius 1 is 0.364 bits per heavy atom. The molecule has 0 bridgehead atoms. The zero-order valence-corrected chi connectivity index (χ0v) is 20.0. The summed E-state index contributed by atoms with van der Waals surface area (Å²) < 4.78 is 0. The van der Waals surface area contributed by atoms with Gasteiger partial charge in [-0.05, 0) is 0 Å². The molecule has 0 aliphatic carbocycles. The average Bonchev–Trinajstić information content (AvgIpc) is 2.92. The van der Waals surface area contributed by atoms with Crippen LogP contribution in [-0.4, -0.2) is 6.16 Å². The van der Waals surface area contributed by atoms with Crippen LogP contribution in [0.15, 0.2) is 140 Å². The molecule has 0 atom stereocenters. The summed E-state index contributed by atoms with van der Waals surface area (Å²) in [6, 6.07) is 51.1. The van der Waals surface area contributed by atoms with E-state index in [0.29, 0.717) is 0 Å². The van der Waals surface area contributed by atoms with Crippen LogP contribution in [0.2, 0.25) is 0 Å². The molecule has 33 heavy (non-hydrogen) atoms. The summed E-state index contributed by atoms with van der Waals surface area (Å²) in [4.78, 5) is 0. The van der Waals surface area contributed by atoms with E-state index in [-0.39, 0.29) is 0 Å². The zero-order chi connectivity index (χ0) is 22.5. The van der Waals surface area contributed by atoms with Crippen LogP contribution in [0.5, 0.6) is 0 Å². The van der Waals surface area contributed by atoms with Crippen LogP contribution in [-0.2, 0) is 0 Å². The fraction of sp³-hybridized carbons (Fsp3) is 0.0625. The summed E-state index contributed by atoms with van der Waals surface area (Å²) in [5, 5.41) is 4.39. The van der Waals surface area contributed by atoms with Crippen LogP contribution in [0, 0.1) is 0 Å². The van der Waals surface area contributed by atoms with Crippen LogP contribution < -0.4 is 15.9 Å². The minimum atomic E-state index is -2.15. The molecule has 0 unspecified atom stereocenters. The number of hydrogen-bond acceptors (Lipinski definition) is 0. The summed E-state index contributed by atoms with van der Waals surface area (Å²) in [7, 11) is -2.15. The van der Waals surface area contributed by atoms with E-state index in [1.807, 2.05) is 0 Å². The second-order valence-corrected chi connectivity index (χ2v) is 12.8. The normalized spacial score (nSPS) is 11.8. The molecule has 0 aliphatic rings. The Labute approximate surface area is 197 Å². The maximum atomic E-state index is 2.37. The third-order valence-corrected chi connectivity index (χ3v) is 11.8.